The molecule has 2 heterocycles. The summed E-state index contributed by atoms with van der Waals surface area (Å²) in [6.45, 7) is 0. The lowest BCUT2D eigenvalue weighted by Crippen LogP contribution is -2.14. The molecular weight excluding hydrogens is 289 g/mol. The quantitative estimate of drug-likeness (QED) is 0.704. The lowest BCUT2D eigenvalue weighted by Gasteiger charge is -2.22. The standard InChI is InChI=1S/C16H15ClFN3/c17-10-3-6-13-12(7-10)15-14(8-19-13)20-16(21-15)9-1-4-11(18)5-2-9/h3,6-9,11H,1-2,4-5H2,(H,20,21). The van der Waals surface area contributed by atoms with Crippen LogP contribution < -0.4 is 0 Å². The van der Waals surface area contributed by atoms with Crippen LogP contribution >= 0.6 is 11.6 Å². The molecule has 0 unspecified atom stereocenters. The van der Waals surface area contributed by atoms with Crippen molar-refractivity contribution in [2.45, 2.75) is 37.8 Å². The maximum Gasteiger partial charge on any atom is 0.110 e. The highest BCUT2D eigenvalue weighted by Gasteiger charge is 2.24. The number of aromatic amines is 1. The van der Waals surface area contributed by atoms with Crippen LogP contribution in [-0.2, 0) is 0 Å². The molecule has 0 spiro atoms. The average molecular weight is 304 g/mol. The van der Waals surface area contributed by atoms with Crippen LogP contribution in [0.3, 0.4) is 0 Å². The van der Waals surface area contributed by atoms with Crippen molar-refractivity contribution in [1.82, 2.24) is 15.0 Å². The normalized spacial score (nSPS) is 23.0. The van der Waals surface area contributed by atoms with Gasteiger partial charge in [0, 0.05) is 16.3 Å². The van der Waals surface area contributed by atoms with Gasteiger partial charge in [-0.05, 0) is 43.9 Å². The predicted octanol–water partition coefficient (Wildman–Crippen LogP) is 4.76. The van der Waals surface area contributed by atoms with Gasteiger partial charge in [0.1, 0.15) is 12.0 Å². The van der Waals surface area contributed by atoms with E-state index in [0.717, 1.165) is 40.6 Å². The van der Waals surface area contributed by atoms with Gasteiger partial charge in [-0.25, -0.2) is 9.37 Å². The van der Waals surface area contributed by atoms with Crippen molar-refractivity contribution in [1.29, 1.82) is 0 Å². The minimum atomic E-state index is -0.646. The summed E-state index contributed by atoms with van der Waals surface area (Å²) in [6, 6.07) is 5.63. The molecule has 1 saturated carbocycles. The van der Waals surface area contributed by atoms with E-state index in [9.17, 15) is 4.39 Å². The Kier molecular flexibility index (Phi) is 3.07. The largest absolute Gasteiger partial charge is 0.340 e. The van der Waals surface area contributed by atoms with Crippen molar-refractivity contribution < 1.29 is 4.39 Å². The Bertz CT molecular complexity index is 806. The first-order chi connectivity index (χ1) is 10.2. The van der Waals surface area contributed by atoms with Crippen molar-refractivity contribution in [3.8, 4) is 0 Å². The fourth-order valence-electron chi connectivity index (χ4n) is 3.17. The molecule has 0 saturated heterocycles. The molecule has 3 aromatic rings. The van der Waals surface area contributed by atoms with Gasteiger partial charge in [0.2, 0.25) is 0 Å². The Morgan fingerprint density at radius 2 is 2.00 bits per heavy atom. The van der Waals surface area contributed by atoms with Crippen LogP contribution in [0.1, 0.15) is 37.4 Å². The van der Waals surface area contributed by atoms with E-state index in [1.807, 2.05) is 24.4 Å². The number of H-pyrrole nitrogens is 1. The van der Waals surface area contributed by atoms with Crippen molar-refractivity contribution in [2.75, 3.05) is 0 Å². The van der Waals surface area contributed by atoms with Gasteiger partial charge in [-0.3, -0.25) is 4.98 Å². The molecule has 3 nitrogen and oxygen atoms in total. The molecular formula is C16H15ClFN3. The van der Waals surface area contributed by atoms with Gasteiger partial charge in [-0.1, -0.05) is 11.6 Å². The first-order valence-corrected chi connectivity index (χ1v) is 7.66. The molecule has 1 N–H and O–H groups in total. The molecule has 0 amide bonds. The van der Waals surface area contributed by atoms with Crippen LogP contribution in [-0.4, -0.2) is 21.1 Å². The van der Waals surface area contributed by atoms with Gasteiger partial charge in [0.05, 0.1) is 22.7 Å². The third kappa shape index (κ3) is 2.27. The number of benzene rings is 1. The van der Waals surface area contributed by atoms with Crippen molar-refractivity contribution in [3.63, 3.8) is 0 Å². The number of halogens is 2. The van der Waals surface area contributed by atoms with E-state index in [1.54, 1.807) is 0 Å². The number of hydrogen-bond donors (Lipinski definition) is 1. The molecule has 1 aliphatic carbocycles. The van der Waals surface area contributed by atoms with Gasteiger partial charge in [0.15, 0.2) is 0 Å². The van der Waals surface area contributed by atoms with E-state index in [1.165, 1.54) is 0 Å². The van der Waals surface area contributed by atoms with E-state index in [2.05, 4.69) is 9.97 Å². The summed E-state index contributed by atoms with van der Waals surface area (Å²) >= 11 is 6.08. The number of fused-ring (bicyclic) bond motifs is 3. The fourth-order valence-corrected chi connectivity index (χ4v) is 3.34. The predicted molar refractivity (Wildman–Crippen MR) is 82.5 cm³/mol. The average Bonchev–Trinajstić information content (AvgIpc) is 2.92. The molecule has 1 aliphatic rings. The summed E-state index contributed by atoms with van der Waals surface area (Å²) < 4.78 is 13.3. The minimum Gasteiger partial charge on any atom is -0.340 e. The van der Waals surface area contributed by atoms with Crippen LogP contribution in [0.2, 0.25) is 5.02 Å². The summed E-state index contributed by atoms with van der Waals surface area (Å²) in [6.07, 6.45) is 4.13. The molecule has 2 aromatic heterocycles. The summed E-state index contributed by atoms with van der Waals surface area (Å²) in [7, 11) is 0. The monoisotopic (exact) mass is 303 g/mol. The smallest absolute Gasteiger partial charge is 0.110 e. The zero-order chi connectivity index (χ0) is 14.4. The second-order valence-corrected chi connectivity index (χ2v) is 6.19. The Balaban J connectivity index is 1.82. The number of imidazole rings is 1. The molecule has 4 rings (SSSR count). The Morgan fingerprint density at radius 1 is 1.19 bits per heavy atom. The Hall–Kier alpha value is -1.68. The number of alkyl halides is 1. The van der Waals surface area contributed by atoms with Crippen molar-refractivity contribution in [2.24, 2.45) is 0 Å². The maximum atomic E-state index is 13.3. The van der Waals surface area contributed by atoms with Gasteiger partial charge in [-0.15, -0.1) is 0 Å². The third-order valence-corrected chi connectivity index (χ3v) is 4.58. The van der Waals surface area contributed by atoms with E-state index in [0.29, 0.717) is 23.8 Å². The lowest BCUT2D eigenvalue weighted by atomic mass is 9.88. The number of nitrogens with one attached hydrogen (secondary N) is 1. The van der Waals surface area contributed by atoms with Crippen LogP contribution in [0.15, 0.2) is 24.4 Å². The fraction of sp³-hybridized carbons (Fsp3) is 0.375. The number of aromatic nitrogens is 3. The molecule has 5 heteroatoms. The van der Waals surface area contributed by atoms with Crippen LogP contribution in [0.5, 0.6) is 0 Å². The Morgan fingerprint density at radius 3 is 2.81 bits per heavy atom. The zero-order valence-electron chi connectivity index (χ0n) is 11.4. The second-order valence-electron chi connectivity index (χ2n) is 5.75. The molecule has 0 bridgehead atoms. The SMILES string of the molecule is FC1CCC(c2nc3c(cnc4ccc(Cl)cc43)[nH]2)CC1. The lowest BCUT2D eigenvalue weighted by molar-refractivity contribution is 0.232. The first-order valence-electron chi connectivity index (χ1n) is 7.28. The van der Waals surface area contributed by atoms with Gasteiger partial charge in [0.25, 0.3) is 0 Å². The Labute approximate surface area is 126 Å². The molecule has 21 heavy (non-hydrogen) atoms. The van der Waals surface area contributed by atoms with Crippen LogP contribution in [0.4, 0.5) is 4.39 Å². The summed E-state index contributed by atoms with van der Waals surface area (Å²) in [5.74, 6) is 1.27. The van der Waals surface area contributed by atoms with Crippen LogP contribution in [0.25, 0.3) is 21.9 Å². The maximum absolute atomic E-state index is 13.3. The highest BCUT2D eigenvalue weighted by atomic mass is 35.5. The molecule has 1 fully saturated rings. The van der Waals surface area contributed by atoms with E-state index in [4.69, 9.17) is 16.6 Å². The molecule has 108 valence electrons. The van der Waals surface area contributed by atoms with E-state index < -0.39 is 6.17 Å². The van der Waals surface area contributed by atoms with Crippen molar-refractivity contribution in [3.05, 3.63) is 35.2 Å². The minimum absolute atomic E-state index is 0.318. The van der Waals surface area contributed by atoms with Gasteiger partial charge in [-0.2, -0.15) is 0 Å². The molecule has 0 aliphatic heterocycles. The number of pyridine rings is 1. The van der Waals surface area contributed by atoms with E-state index >= 15 is 0 Å². The van der Waals surface area contributed by atoms with Crippen molar-refractivity contribution >= 4 is 33.5 Å². The van der Waals surface area contributed by atoms with Crippen LogP contribution in [0, 0.1) is 0 Å². The number of rotatable bonds is 1. The van der Waals surface area contributed by atoms with E-state index in [-0.39, 0.29) is 0 Å². The molecule has 1 aromatic carbocycles. The second kappa shape index (κ2) is 4.95. The topological polar surface area (TPSA) is 41.6 Å². The van der Waals surface area contributed by atoms with Gasteiger partial charge < -0.3 is 4.98 Å². The first kappa shape index (κ1) is 13.0. The third-order valence-electron chi connectivity index (χ3n) is 4.34. The summed E-state index contributed by atoms with van der Waals surface area (Å²) in [4.78, 5) is 12.5. The zero-order valence-corrected chi connectivity index (χ0v) is 12.2. The number of hydrogen-bond acceptors (Lipinski definition) is 2. The molecule has 0 radical (unpaired) electrons. The summed E-state index contributed by atoms with van der Waals surface area (Å²) in [5.41, 5.74) is 2.71. The highest BCUT2D eigenvalue weighted by molar-refractivity contribution is 6.31. The highest BCUT2D eigenvalue weighted by Crippen LogP contribution is 2.34. The molecule has 0 atom stereocenters. The summed E-state index contributed by atoms with van der Waals surface area (Å²) in [5, 5.41) is 1.64. The number of nitrogens with zero attached hydrogens (tertiary/aromatic N) is 2. The van der Waals surface area contributed by atoms with Gasteiger partial charge >= 0.3 is 0 Å².